The Morgan fingerprint density at radius 1 is 0.946 bits per heavy atom. The van der Waals surface area contributed by atoms with Crippen LogP contribution in [0.5, 0.6) is 11.5 Å². The zero-order chi connectivity index (χ0) is 26.7. The average molecular weight is 564 g/mol. The highest BCUT2D eigenvalue weighted by Crippen LogP contribution is 2.38. The summed E-state index contributed by atoms with van der Waals surface area (Å²) in [5, 5.41) is 3.03. The first-order chi connectivity index (χ1) is 17.7. The first-order valence-electron chi connectivity index (χ1n) is 10.9. The van der Waals surface area contributed by atoms with Crippen molar-refractivity contribution in [2.75, 3.05) is 11.5 Å². The highest BCUT2D eigenvalue weighted by atomic mass is 35.5. The predicted octanol–water partition coefficient (Wildman–Crippen LogP) is 6.43. The van der Waals surface area contributed by atoms with E-state index < -0.39 is 23.7 Å². The summed E-state index contributed by atoms with van der Waals surface area (Å²) < 4.78 is 25.3. The first-order valence-corrected chi connectivity index (χ1v) is 12.0. The number of ether oxygens (including phenoxy) is 2. The fourth-order valence-corrected chi connectivity index (χ4v) is 4.13. The smallest absolute Gasteiger partial charge is 0.335 e. The van der Waals surface area contributed by atoms with E-state index in [0.29, 0.717) is 20.5 Å². The average Bonchev–Trinajstić information content (AvgIpc) is 2.83. The normalized spacial score (nSPS) is 14.7. The van der Waals surface area contributed by atoms with Crippen LogP contribution in [0.1, 0.15) is 18.1 Å². The Balaban J connectivity index is 1.66. The van der Waals surface area contributed by atoms with Crippen molar-refractivity contribution in [2.45, 2.75) is 13.5 Å². The van der Waals surface area contributed by atoms with Crippen molar-refractivity contribution in [1.82, 2.24) is 5.32 Å². The molecule has 0 atom stereocenters. The molecular weight excluding hydrogens is 546 g/mol. The molecule has 3 aromatic carbocycles. The number of benzene rings is 3. The molecule has 7 nitrogen and oxygen atoms in total. The molecule has 0 spiro atoms. The molecule has 0 saturated carbocycles. The van der Waals surface area contributed by atoms with Gasteiger partial charge in [0.1, 0.15) is 18.0 Å². The van der Waals surface area contributed by atoms with Crippen LogP contribution >= 0.6 is 34.8 Å². The molecule has 1 aliphatic rings. The number of carbonyl (C=O) groups excluding carboxylic acids is 3. The number of anilines is 1. The molecule has 0 radical (unpaired) electrons. The molecule has 1 fully saturated rings. The number of halogens is 4. The zero-order valence-corrected chi connectivity index (χ0v) is 21.5. The second kappa shape index (κ2) is 11.2. The molecule has 0 aliphatic carbocycles. The maximum absolute atomic E-state index is 13.7. The standard InChI is InChI=1S/C26H18Cl3FN2O5/c1-2-36-22-11-15(10-21(29)23(22)37-13-14-6-7-19(27)20(28)9-14)8-18-24(33)31-26(35)32(25(18)34)17-5-3-4-16(30)12-17/h3-12H,2,13H2,1H3,(H,31,33,35)/b18-8+. The van der Waals surface area contributed by atoms with Gasteiger partial charge in [-0.05, 0) is 66.6 Å². The van der Waals surface area contributed by atoms with Crippen molar-refractivity contribution >= 4 is 64.4 Å². The lowest BCUT2D eigenvalue weighted by Gasteiger charge is -2.26. The van der Waals surface area contributed by atoms with Gasteiger partial charge < -0.3 is 9.47 Å². The van der Waals surface area contributed by atoms with Crippen LogP contribution in [0.25, 0.3) is 6.08 Å². The second-order valence-electron chi connectivity index (χ2n) is 7.74. The van der Waals surface area contributed by atoms with Crippen molar-refractivity contribution < 1.29 is 28.2 Å². The molecule has 0 aromatic heterocycles. The van der Waals surface area contributed by atoms with E-state index in [9.17, 15) is 18.8 Å². The number of nitrogens with zero attached hydrogens (tertiary/aromatic N) is 1. The van der Waals surface area contributed by atoms with E-state index in [1.165, 1.54) is 36.4 Å². The lowest BCUT2D eigenvalue weighted by molar-refractivity contribution is -0.122. The molecule has 11 heteroatoms. The summed E-state index contributed by atoms with van der Waals surface area (Å²) in [6.07, 6.45) is 1.26. The third kappa shape index (κ3) is 5.88. The van der Waals surface area contributed by atoms with Gasteiger partial charge in [0.15, 0.2) is 11.5 Å². The lowest BCUT2D eigenvalue weighted by atomic mass is 10.1. The summed E-state index contributed by atoms with van der Waals surface area (Å²) in [6.45, 7) is 2.16. The Morgan fingerprint density at radius 2 is 1.73 bits per heavy atom. The number of amides is 4. The van der Waals surface area contributed by atoms with E-state index in [4.69, 9.17) is 44.3 Å². The predicted molar refractivity (Wildman–Crippen MR) is 139 cm³/mol. The molecule has 190 valence electrons. The van der Waals surface area contributed by atoms with Crippen LogP contribution in [0.15, 0.2) is 60.2 Å². The Labute approximate surface area is 226 Å². The van der Waals surface area contributed by atoms with E-state index in [0.717, 1.165) is 11.6 Å². The number of hydrogen-bond donors (Lipinski definition) is 1. The van der Waals surface area contributed by atoms with E-state index in [1.807, 2.05) is 0 Å². The van der Waals surface area contributed by atoms with Gasteiger partial charge in [-0.15, -0.1) is 0 Å². The third-order valence-corrected chi connectivity index (χ3v) is 6.20. The number of imide groups is 2. The highest BCUT2D eigenvalue weighted by molar-refractivity contribution is 6.42. The van der Waals surface area contributed by atoms with E-state index in [1.54, 1.807) is 25.1 Å². The summed E-state index contributed by atoms with van der Waals surface area (Å²) in [7, 11) is 0. The molecular formula is C26H18Cl3FN2O5. The van der Waals surface area contributed by atoms with Crippen molar-refractivity contribution in [1.29, 1.82) is 0 Å². The number of carbonyl (C=O) groups is 3. The maximum atomic E-state index is 13.7. The van der Waals surface area contributed by atoms with Crippen LogP contribution in [0.3, 0.4) is 0 Å². The number of hydrogen-bond acceptors (Lipinski definition) is 5. The Morgan fingerprint density at radius 3 is 2.43 bits per heavy atom. The summed E-state index contributed by atoms with van der Waals surface area (Å²) in [5.41, 5.74) is 0.694. The largest absolute Gasteiger partial charge is 0.490 e. The number of urea groups is 1. The van der Waals surface area contributed by atoms with Gasteiger partial charge in [-0.1, -0.05) is 46.9 Å². The number of nitrogens with one attached hydrogen (secondary N) is 1. The van der Waals surface area contributed by atoms with E-state index >= 15 is 0 Å². The van der Waals surface area contributed by atoms with Gasteiger partial charge in [0.2, 0.25) is 0 Å². The minimum atomic E-state index is -0.989. The van der Waals surface area contributed by atoms with E-state index in [-0.39, 0.29) is 41.0 Å². The number of rotatable bonds is 7. The van der Waals surface area contributed by atoms with Gasteiger partial charge in [0.25, 0.3) is 11.8 Å². The molecule has 1 heterocycles. The van der Waals surface area contributed by atoms with Gasteiger partial charge >= 0.3 is 6.03 Å². The maximum Gasteiger partial charge on any atom is 0.335 e. The van der Waals surface area contributed by atoms with Crippen molar-refractivity contribution in [2.24, 2.45) is 0 Å². The van der Waals surface area contributed by atoms with Crippen LogP contribution in [0.4, 0.5) is 14.9 Å². The summed E-state index contributed by atoms with van der Waals surface area (Å²) in [5.74, 6) is -1.97. The quantitative estimate of drug-likeness (QED) is 0.265. The number of barbiturate groups is 1. The minimum absolute atomic E-state index is 0.0278. The molecule has 0 bridgehead atoms. The topological polar surface area (TPSA) is 84.9 Å². The van der Waals surface area contributed by atoms with Gasteiger partial charge in [0.05, 0.1) is 27.4 Å². The monoisotopic (exact) mass is 562 g/mol. The Hall–Kier alpha value is -3.59. The van der Waals surface area contributed by atoms with Gasteiger partial charge in [-0.3, -0.25) is 14.9 Å². The van der Waals surface area contributed by atoms with Crippen LogP contribution in [0.2, 0.25) is 15.1 Å². The fourth-order valence-electron chi connectivity index (χ4n) is 3.53. The molecule has 1 N–H and O–H groups in total. The van der Waals surface area contributed by atoms with Crippen LogP contribution < -0.4 is 19.7 Å². The molecule has 37 heavy (non-hydrogen) atoms. The van der Waals surface area contributed by atoms with Gasteiger partial charge in [0, 0.05) is 0 Å². The molecule has 0 unspecified atom stereocenters. The molecule has 1 saturated heterocycles. The third-order valence-electron chi connectivity index (χ3n) is 5.18. The van der Waals surface area contributed by atoms with Gasteiger partial charge in [-0.25, -0.2) is 14.1 Å². The van der Waals surface area contributed by atoms with Gasteiger partial charge in [-0.2, -0.15) is 0 Å². The van der Waals surface area contributed by atoms with E-state index in [2.05, 4.69) is 5.32 Å². The molecule has 1 aliphatic heterocycles. The highest BCUT2D eigenvalue weighted by Gasteiger charge is 2.37. The van der Waals surface area contributed by atoms with Crippen LogP contribution in [0, 0.1) is 5.82 Å². The SMILES string of the molecule is CCOc1cc(/C=C2\C(=O)NC(=O)N(c3cccc(F)c3)C2=O)cc(Cl)c1OCc1ccc(Cl)c(Cl)c1. The molecule has 4 rings (SSSR count). The van der Waals surface area contributed by atoms with Crippen LogP contribution in [-0.4, -0.2) is 24.5 Å². The van der Waals surface area contributed by atoms with Crippen molar-refractivity contribution in [3.05, 3.63) is 92.2 Å². The summed E-state index contributed by atoms with van der Waals surface area (Å²) in [6, 6.07) is 12.0. The lowest BCUT2D eigenvalue weighted by Crippen LogP contribution is -2.54. The summed E-state index contributed by atoms with van der Waals surface area (Å²) in [4.78, 5) is 38.6. The Kier molecular flexibility index (Phi) is 8.02. The molecule has 4 amide bonds. The Bertz CT molecular complexity index is 1440. The minimum Gasteiger partial charge on any atom is -0.490 e. The van der Waals surface area contributed by atoms with Crippen LogP contribution in [-0.2, 0) is 16.2 Å². The first kappa shape index (κ1) is 26.5. The van der Waals surface area contributed by atoms with Crippen molar-refractivity contribution in [3.8, 4) is 11.5 Å². The second-order valence-corrected chi connectivity index (χ2v) is 8.96. The molecule has 3 aromatic rings. The van der Waals surface area contributed by atoms with Crippen molar-refractivity contribution in [3.63, 3.8) is 0 Å². The summed E-state index contributed by atoms with van der Waals surface area (Å²) >= 11 is 18.5. The fraction of sp³-hybridized carbons (Fsp3) is 0.115. The zero-order valence-electron chi connectivity index (χ0n) is 19.2.